The highest BCUT2D eigenvalue weighted by atomic mass is 32.2. The zero-order valence-electron chi connectivity index (χ0n) is 17.7. The Kier molecular flexibility index (Phi) is 15.8. The molecule has 158 valence electrons. The molecule has 27 heavy (non-hydrogen) atoms. The maximum atomic E-state index is 9.47. The van der Waals surface area contributed by atoms with Crippen LogP contribution in [0.25, 0.3) is 0 Å². The van der Waals surface area contributed by atoms with Crippen molar-refractivity contribution in [3.05, 3.63) is 5.82 Å². The predicted octanol–water partition coefficient (Wildman–Crippen LogP) is 5.73. The summed E-state index contributed by atoms with van der Waals surface area (Å²) in [5.41, 5.74) is 0. The van der Waals surface area contributed by atoms with Crippen molar-refractivity contribution < 1.29 is 5.11 Å². The fourth-order valence-corrected chi connectivity index (χ4v) is 4.35. The van der Waals surface area contributed by atoms with Crippen LogP contribution in [0.2, 0.25) is 0 Å². The number of hydrogen-bond acceptors (Lipinski definition) is 5. The molecular formula is C21H42N4OS. The van der Waals surface area contributed by atoms with Crippen LogP contribution in [0.4, 0.5) is 0 Å². The molecule has 0 aliphatic carbocycles. The van der Waals surface area contributed by atoms with Gasteiger partial charge in [-0.1, -0.05) is 90.4 Å². The average molecular weight is 399 g/mol. The molecule has 1 atom stereocenters. The number of aliphatic hydroxyl groups excluding tert-OH is 1. The molecule has 0 aliphatic rings. The third-order valence-corrected chi connectivity index (χ3v) is 6.22. The van der Waals surface area contributed by atoms with E-state index in [1.807, 2.05) is 18.7 Å². The topological polar surface area (TPSA) is 63.8 Å². The second-order valence-electron chi connectivity index (χ2n) is 7.66. The molecule has 0 aromatic carbocycles. The summed E-state index contributed by atoms with van der Waals surface area (Å²) in [6.45, 7) is 4.17. The Morgan fingerprint density at radius 3 is 1.81 bits per heavy atom. The highest BCUT2D eigenvalue weighted by Crippen LogP contribution is 2.16. The first-order valence-corrected chi connectivity index (χ1v) is 12.4. The van der Waals surface area contributed by atoms with Crippen molar-refractivity contribution in [2.75, 3.05) is 18.1 Å². The van der Waals surface area contributed by atoms with Gasteiger partial charge in [0.15, 0.2) is 5.82 Å². The maximum Gasteiger partial charge on any atom is 0.171 e. The number of aryl methyl sites for hydroxylation is 1. The van der Waals surface area contributed by atoms with Crippen LogP contribution < -0.4 is 0 Å². The van der Waals surface area contributed by atoms with Gasteiger partial charge < -0.3 is 5.11 Å². The Morgan fingerprint density at radius 2 is 1.37 bits per heavy atom. The maximum absolute atomic E-state index is 9.47. The normalized spacial score (nSPS) is 12.6. The second-order valence-corrected chi connectivity index (χ2v) is 8.81. The number of tetrazole rings is 1. The number of nitrogens with zero attached hydrogens (tertiary/aromatic N) is 4. The molecule has 1 aromatic rings. The minimum Gasteiger partial charge on any atom is -0.394 e. The number of hydrogen-bond donors (Lipinski definition) is 1. The zero-order valence-corrected chi connectivity index (χ0v) is 18.6. The SMILES string of the molecule is CCCCCCCCCCCCCCCCSCC(CO)n1nnc(C)n1. The summed E-state index contributed by atoms with van der Waals surface area (Å²) in [6, 6.07) is -0.0529. The van der Waals surface area contributed by atoms with Gasteiger partial charge in [-0.2, -0.15) is 16.6 Å². The van der Waals surface area contributed by atoms with Crippen LogP contribution in [-0.4, -0.2) is 43.4 Å². The molecule has 1 rings (SSSR count). The molecule has 0 aliphatic heterocycles. The summed E-state index contributed by atoms with van der Waals surface area (Å²) in [6.07, 6.45) is 19.6. The Morgan fingerprint density at radius 1 is 0.852 bits per heavy atom. The quantitative estimate of drug-likeness (QED) is 0.301. The van der Waals surface area contributed by atoms with Gasteiger partial charge in [0.05, 0.1) is 6.61 Å². The van der Waals surface area contributed by atoms with E-state index in [4.69, 9.17) is 0 Å². The van der Waals surface area contributed by atoms with Gasteiger partial charge in [-0.05, 0) is 24.3 Å². The van der Waals surface area contributed by atoms with Crippen molar-refractivity contribution in [2.45, 2.75) is 110 Å². The smallest absolute Gasteiger partial charge is 0.171 e. The van der Waals surface area contributed by atoms with Crippen LogP contribution >= 0.6 is 11.8 Å². The van der Waals surface area contributed by atoms with Gasteiger partial charge in [-0.15, -0.1) is 10.2 Å². The zero-order chi connectivity index (χ0) is 19.6. The molecular weight excluding hydrogens is 356 g/mol. The van der Waals surface area contributed by atoms with E-state index in [9.17, 15) is 5.11 Å². The molecule has 1 unspecified atom stereocenters. The van der Waals surface area contributed by atoms with E-state index in [0.29, 0.717) is 5.82 Å². The molecule has 0 bridgehead atoms. The molecule has 0 radical (unpaired) electrons. The Labute approximate surface area is 171 Å². The molecule has 1 heterocycles. The van der Waals surface area contributed by atoms with Gasteiger partial charge in [0.25, 0.3) is 0 Å². The number of unbranched alkanes of at least 4 members (excludes halogenated alkanes) is 13. The largest absolute Gasteiger partial charge is 0.394 e. The van der Waals surface area contributed by atoms with Crippen molar-refractivity contribution in [1.29, 1.82) is 0 Å². The highest BCUT2D eigenvalue weighted by molar-refractivity contribution is 7.99. The molecule has 1 aromatic heterocycles. The summed E-state index contributed by atoms with van der Waals surface area (Å²) in [7, 11) is 0. The predicted molar refractivity (Wildman–Crippen MR) is 116 cm³/mol. The van der Waals surface area contributed by atoms with Crippen molar-refractivity contribution in [3.8, 4) is 0 Å². The van der Waals surface area contributed by atoms with Crippen molar-refractivity contribution >= 4 is 11.8 Å². The second kappa shape index (κ2) is 17.5. The summed E-state index contributed by atoms with van der Waals surface area (Å²) in [5.74, 6) is 2.66. The standard InChI is InChI=1S/C21H42N4OS/c1-3-4-5-6-7-8-9-10-11-12-13-14-15-16-17-27-19-21(18-26)25-23-20(2)22-24-25/h21,26H,3-19H2,1-2H3. The lowest BCUT2D eigenvalue weighted by Crippen LogP contribution is -2.19. The van der Waals surface area contributed by atoms with Crippen LogP contribution in [0.15, 0.2) is 0 Å². The van der Waals surface area contributed by atoms with Crippen LogP contribution in [0.5, 0.6) is 0 Å². The molecule has 0 saturated carbocycles. The lowest BCUT2D eigenvalue weighted by Gasteiger charge is -2.11. The van der Waals surface area contributed by atoms with Gasteiger partial charge in [-0.25, -0.2) is 0 Å². The molecule has 1 N–H and O–H groups in total. The van der Waals surface area contributed by atoms with Gasteiger partial charge in [0, 0.05) is 5.75 Å². The Hall–Kier alpha value is -0.620. The van der Waals surface area contributed by atoms with Crippen molar-refractivity contribution in [1.82, 2.24) is 20.2 Å². The number of rotatable bonds is 19. The molecule has 0 spiro atoms. The van der Waals surface area contributed by atoms with E-state index < -0.39 is 0 Å². The van der Waals surface area contributed by atoms with Gasteiger partial charge in [0.1, 0.15) is 6.04 Å². The molecule has 0 saturated heterocycles. The monoisotopic (exact) mass is 398 g/mol. The van der Waals surface area contributed by atoms with E-state index in [-0.39, 0.29) is 12.6 Å². The van der Waals surface area contributed by atoms with E-state index >= 15 is 0 Å². The number of thioether (sulfide) groups is 1. The first-order valence-electron chi connectivity index (χ1n) is 11.2. The average Bonchev–Trinajstić information content (AvgIpc) is 3.10. The van der Waals surface area contributed by atoms with Crippen LogP contribution in [0, 0.1) is 6.92 Å². The van der Waals surface area contributed by atoms with Gasteiger partial charge >= 0.3 is 0 Å². The molecule has 5 nitrogen and oxygen atoms in total. The highest BCUT2D eigenvalue weighted by Gasteiger charge is 2.12. The summed E-state index contributed by atoms with van der Waals surface area (Å²) in [5, 5.41) is 21.5. The molecule has 0 fully saturated rings. The van der Waals surface area contributed by atoms with Crippen molar-refractivity contribution in [3.63, 3.8) is 0 Å². The van der Waals surface area contributed by atoms with Gasteiger partial charge in [-0.3, -0.25) is 0 Å². The van der Waals surface area contributed by atoms with Crippen LogP contribution in [-0.2, 0) is 0 Å². The third-order valence-electron chi connectivity index (χ3n) is 5.02. The van der Waals surface area contributed by atoms with Crippen molar-refractivity contribution in [2.24, 2.45) is 0 Å². The van der Waals surface area contributed by atoms with Gasteiger partial charge in [0.2, 0.25) is 0 Å². The molecule has 6 heteroatoms. The van der Waals surface area contributed by atoms with E-state index in [0.717, 1.165) is 11.5 Å². The molecule has 0 amide bonds. The number of aliphatic hydroxyl groups is 1. The summed E-state index contributed by atoms with van der Waals surface area (Å²) in [4.78, 5) is 1.55. The van der Waals surface area contributed by atoms with Crippen LogP contribution in [0.1, 0.15) is 109 Å². The lowest BCUT2D eigenvalue weighted by atomic mass is 10.0. The fraction of sp³-hybridized carbons (Fsp3) is 0.952. The Bertz CT molecular complexity index is 442. The lowest BCUT2D eigenvalue weighted by molar-refractivity contribution is 0.219. The van der Waals surface area contributed by atoms with E-state index in [1.54, 1.807) is 4.80 Å². The minimum atomic E-state index is -0.0529. The van der Waals surface area contributed by atoms with Crippen LogP contribution in [0.3, 0.4) is 0 Å². The summed E-state index contributed by atoms with van der Waals surface area (Å²) < 4.78 is 0. The Balaban J connectivity index is 1.81. The third kappa shape index (κ3) is 13.2. The van der Waals surface area contributed by atoms with E-state index in [2.05, 4.69) is 22.3 Å². The van der Waals surface area contributed by atoms with E-state index in [1.165, 1.54) is 89.9 Å². The fourth-order valence-electron chi connectivity index (χ4n) is 3.26. The first kappa shape index (κ1) is 24.4. The number of aromatic nitrogens is 4. The first-order chi connectivity index (χ1) is 13.3. The summed E-state index contributed by atoms with van der Waals surface area (Å²) >= 11 is 1.89. The minimum absolute atomic E-state index is 0.0529.